The van der Waals surface area contributed by atoms with Gasteiger partial charge in [0.05, 0.1) is 0 Å². The maximum absolute atomic E-state index is 5.06. The fraction of sp³-hybridized carbons (Fsp3) is 1.00. The molecule has 0 bridgehead atoms. The Bertz CT molecular complexity index is 63.7. The second kappa shape index (κ2) is 23.5. The molecule has 0 aliphatic carbocycles. The molecule has 0 radical (unpaired) electrons. The second-order valence-electron chi connectivity index (χ2n) is 1.47. The Morgan fingerprint density at radius 2 is 0.714 bits per heavy atom. The van der Waals surface area contributed by atoms with Gasteiger partial charge in [0.15, 0.2) is 31.5 Å². The van der Waals surface area contributed by atoms with Gasteiger partial charge in [-0.15, -0.1) is 0 Å². The molecule has 0 amide bonds. The zero-order chi connectivity index (χ0) is 6.62. The van der Waals surface area contributed by atoms with Gasteiger partial charge in [0.25, 0.3) is 0 Å². The molecule has 0 rings (SSSR count). The molecule has 0 aromatic heterocycles. The SMILES string of the molecule is C.C.C.C.C.C.[SiH3]OC([SiH3])(O[SiH3])O[SiH3]. The van der Waals surface area contributed by atoms with Crippen molar-refractivity contribution in [2.45, 2.75) is 50.2 Å². The molecule has 0 saturated carbocycles. The van der Waals surface area contributed by atoms with Crippen LogP contribution < -0.4 is 0 Å². The zero-order valence-corrected chi connectivity index (χ0v) is 13.7. The lowest BCUT2D eigenvalue weighted by atomic mass is 11.3. The fourth-order valence-corrected chi connectivity index (χ4v) is 2.25. The van der Waals surface area contributed by atoms with E-state index in [1.165, 1.54) is 0 Å². The third kappa shape index (κ3) is 18.5. The molecule has 0 spiro atoms. The minimum absolute atomic E-state index is 0. The topological polar surface area (TPSA) is 27.7 Å². The van der Waals surface area contributed by atoms with Crippen LogP contribution in [0.3, 0.4) is 0 Å². The van der Waals surface area contributed by atoms with E-state index in [4.69, 9.17) is 13.3 Å². The summed E-state index contributed by atoms with van der Waals surface area (Å²) in [6, 6.07) is 0. The lowest BCUT2D eigenvalue weighted by Crippen LogP contribution is -2.37. The first-order valence-electron chi connectivity index (χ1n) is 2.34. The van der Waals surface area contributed by atoms with Crippen LogP contribution in [0.5, 0.6) is 0 Å². The summed E-state index contributed by atoms with van der Waals surface area (Å²) in [7, 11) is 2.89. The zero-order valence-electron chi connectivity index (χ0n) is 5.72. The van der Waals surface area contributed by atoms with Crippen molar-refractivity contribution >= 4 is 41.7 Å². The monoisotopic (exact) mass is 280 g/mol. The molecule has 0 atom stereocenters. The molecule has 0 N–H and O–H groups in total. The molecule has 0 aromatic carbocycles. The Morgan fingerprint density at radius 1 is 0.571 bits per heavy atom. The maximum Gasteiger partial charge on any atom is 0.215 e. The molecule has 98 valence electrons. The molecule has 0 saturated heterocycles. The Balaban J connectivity index is -0.0000000163. The smallest absolute Gasteiger partial charge is 0.215 e. The number of rotatable bonds is 3. The third-order valence-corrected chi connectivity index (χ3v) is 7.01. The average Bonchev–Trinajstić information content (AvgIpc) is 1.87. The van der Waals surface area contributed by atoms with Crippen molar-refractivity contribution in [3.63, 3.8) is 0 Å². The van der Waals surface area contributed by atoms with E-state index in [1.54, 1.807) is 0 Å². The predicted molar refractivity (Wildman–Crippen MR) is 86.1 cm³/mol. The van der Waals surface area contributed by atoms with Crippen LogP contribution >= 0.6 is 0 Å². The first-order valence-corrected chi connectivity index (χ1v) is 5.79. The van der Waals surface area contributed by atoms with Crippen LogP contribution in [0.1, 0.15) is 44.6 Å². The van der Waals surface area contributed by atoms with Crippen LogP contribution in [0, 0.1) is 0 Å². The van der Waals surface area contributed by atoms with E-state index in [-0.39, 0.29) is 44.6 Å². The average molecular weight is 281 g/mol. The number of hydrogen-bond acceptors (Lipinski definition) is 3. The van der Waals surface area contributed by atoms with Crippen LogP contribution in [0.15, 0.2) is 0 Å². The van der Waals surface area contributed by atoms with Gasteiger partial charge in [-0.3, -0.25) is 0 Å². The normalized spacial score (nSPS) is 11.1. The van der Waals surface area contributed by atoms with Crippen molar-refractivity contribution in [1.29, 1.82) is 0 Å². The van der Waals surface area contributed by atoms with E-state index < -0.39 is 5.60 Å². The molecule has 0 aliphatic heterocycles. The van der Waals surface area contributed by atoms with Crippen LogP contribution in [0.25, 0.3) is 0 Å². The molecular weight excluding hydrogens is 244 g/mol. The summed E-state index contributed by atoms with van der Waals surface area (Å²) >= 11 is 0. The fourth-order valence-electron chi connectivity index (χ4n) is 0.250. The van der Waals surface area contributed by atoms with E-state index in [1.807, 2.05) is 0 Å². The van der Waals surface area contributed by atoms with E-state index >= 15 is 0 Å². The Hall–Kier alpha value is 0.748. The van der Waals surface area contributed by atoms with E-state index in [0.29, 0.717) is 31.5 Å². The summed E-state index contributed by atoms with van der Waals surface area (Å²) in [6.45, 7) is 0. The minimum Gasteiger partial charge on any atom is -0.386 e. The summed E-state index contributed by atoms with van der Waals surface area (Å²) in [5.41, 5.74) is -0.551. The van der Waals surface area contributed by atoms with Gasteiger partial charge < -0.3 is 13.3 Å². The minimum atomic E-state index is -0.551. The molecule has 0 aliphatic rings. The Morgan fingerprint density at radius 3 is 0.714 bits per heavy atom. The van der Waals surface area contributed by atoms with Crippen molar-refractivity contribution in [3.8, 4) is 0 Å². The van der Waals surface area contributed by atoms with Gasteiger partial charge in [-0.25, -0.2) is 0 Å². The van der Waals surface area contributed by atoms with E-state index in [9.17, 15) is 0 Å². The lowest BCUT2D eigenvalue weighted by Gasteiger charge is -2.26. The maximum atomic E-state index is 5.06. The first-order chi connectivity index (χ1) is 3.68. The van der Waals surface area contributed by atoms with Gasteiger partial charge in [0, 0.05) is 0 Å². The van der Waals surface area contributed by atoms with Crippen molar-refractivity contribution < 1.29 is 13.3 Å². The molecular formula is C7H36O3Si4. The van der Waals surface area contributed by atoms with E-state index in [2.05, 4.69) is 0 Å². The molecule has 0 unspecified atom stereocenters. The molecule has 7 heteroatoms. The number of hydrogen-bond donors (Lipinski definition) is 0. The summed E-state index contributed by atoms with van der Waals surface area (Å²) in [5, 5.41) is 0. The first kappa shape index (κ1) is 46.4. The van der Waals surface area contributed by atoms with Crippen LogP contribution in [0.4, 0.5) is 0 Å². The highest BCUT2D eigenvalue weighted by Gasteiger charge is 2.17. The molecule has 3 nitrogen and oxygen atoms in total. The summed E-state index contributed by atoms with van der Waals surface area (Å²) in [6.07, 6.45) is 0. The molecule has 0 heterocycles. The van der Waals surface area contributed by atoms with Gasteiger partial charge in [-0.1, -0.05) is 44.6 Å². The standard InChI is InChI=1S/CH12O3Si4.6CH4/c5-1(2-6,3-7)4-8;;;;;;/h5-8H3;6*1H4. The highest BCUT2D eigenvalue weighted by molar-refractivity contribution is 6.18. The summed E-state index contributed by atoms with van der Waals surface area (Å²) in [4.78, 5) is 0. The molecule has 0 aromatic rings. The quantitative estimate of drug-likeness (QED) is 0.474. The highest BCUT2D eigenvalue weighted by atomic mass is 28.2. The van der Waals surface area contributed by atoms with Crippen molar-refractivity contribution in [2.75, 3.05) is 0 Å². The lowest BCUT2D eigenvalue weighted by molar-refractivity contribution is -0.177. The summed E-state index contributed by atoms with van der Waals surface area (Å²) < 4.78 is 15.2. The van der Waals surface area contributed by atoms with Crippen molar-refractivity contribution in [3.05, 3.63) is 0 Å². The second-order valence-corrected chi connectivity index (χ2v) is 3.92. The summed E-state index contributed by atoms with van der Waals surface area (Å²) in [5.74, 6) is 0. The van der Waals surface area contributed by atoms with Crippen LogP contribution in [-0.2, 0) is 13.3 Å². The van der Waals surface area contributed by atoms with Gasteiger partial charge in [-0.2, -0.15) is 0 Å². The van der Waals surface area contributed by atoms with Gasteiger partial charge in [0.1, 0.15) is 10.2 Å². The Kier molecular flexibility index (Phi) is 78.0. The molecule has 14 heavy (non-hydrogen) atoms. The van der Waals surface area contributed by atoms with E-state index in [0.717, 1.165) is 10.2 Å². The van der Waals surface area contributed by atoms with Gasteiger partial charge >= 0.3 is 0 Å². The predicted octanol–water partition coefficient (Wildman–Crippen LogP) is -1.33. The largest absolute Gasteiger partial charge is 0.386 e. The van der Waals surface area contributed by atoms with Gasteiger partial charge in [0.2, 0.25) is 5.60 Å². The Labute approximate surface area is 105 Å². The molecule has 0 fully saturated rings. The highest BCUT2D eigenvalue weighted by Crippen LogP contribution is 2.02. The third-order valence-electron chi connectivity index (χ3n) is 1.11. The van der Waals surface area contributed by atoms with Crippen molar-refractivity contribution in [2.24, 2.45) is 0 Å². The van der Waals surface area contributed by atoms with Crippen LogP contribution in [0.2, 0.25) is 0 Å². The van der Waals surface area contributed by atoms with Crippen LogP contribution in [-0.4, -0.2) is 47.3 Å². The van der Waals surface area contributed by atoms with Crippen molar-refractivity contribution in [1.82, 2.24) is 0 Å². The van der Waals surface area contributed by atoms with Gasteiger partial charge in [-0.05, 0) is 0 Å².